The normalized spacial score (nSPS) is 16.8. The molecule has 2 heterocycles. The molecule has 2 aromatic rings. The molecule has 0 unspecified atom stereocenters. The molecule has 0 aromatic carbocycles. The Bertz CT molecular complexity index is 735. The lowest BCUT2D eigenvalue weighted by atomic mass is 9.88. The Morgan fingerprint density at radius 2 is 2.43 bits per heavy atom. The van der Waals surface area contributed by atoms with Gasteiger partial charge >= 0.3 is 5.69 Å². The minimum atomic E-state index is -0.509. The second-order valence-electron chi connectivity index (χ2n) is 5.76. The van der Waals surface area contributed by atoms with E-state index in [4.69, 9.17) is 4.52 Å². The predicted molar refractivity (Wildman–Crippen MR) is 78.9 cm³/mol. The van der Waals surface area contributed by atoms with E-state index in [1.807, 2.05) is 0 Å². The number of aromatic nitrogens is 3. The van der Waals surface area contributed by atoms with E-state index >= 15 is 0 Å². The fraction of sp³-hybridized carbons (Fsp3) is 0.500. The molecule has 1 amide bonds. The molecule has 0 bridgehead atoms. The summed E-state index contributed by atoms with van der Waals surface area (Å²) in [5.41, 5.74) is 1.17. The maximum Gasteiger partial charge on any atom is 0.306 e. The topological polar surface area (TPSA) is 116 Å². The van der Waals surface area contributed by atoms with Gasteiger partial charge in [-0.15, -0.1) is 0 Å². The molecule has 0 saturated carbocycles. The van der Waals surface area contributed by atoms with E-state index in [2.05, 4.69) is 22.5 Å². The van der Waals surface area contributed by atoms with Crippen molar-refractivity contribution in [3.8, 4) is 0 Å². The number of hydrogen-bond acceptors (Lipinski definition) is 6. The molecule has 0 aliphatic heterocycles. The smallest absolute Gasteiger partial charge is 0.306 e. The summed E-state index contributed by atoms with van der Waals surface area (Å²) in [4.78, 5) is 22.3. The zero-order valence-electron chi connectivity index (χ0n) is 12.7. The van der Waals surface area contributed by atoms with E-state index in [9.17, 15) is 14.9 Å². The van der Waals surface area contributed by atoms with Crippen LogP contribution >= 0.6 is 0 Å². The third kappa shape index (κ3) is 3.22. The van der Waals surface area contributed by atoms with Gasteiger partial charge in [0.25, 0.3) is 5.91 Å². The zero-order chi connectivity index (χ0) is 16.4. The van der Waals surface area contributed by atoms with Crippen molar-refractivity contribution < 1.29 is 14.2 Å². The molecule has 1 atom stereocenters. The van der Waals surface area contributed by atoms with Crippen LogP contribution in [-0.2, 0) is 19.4 Å². The van der Waals surface area contributed by atoms with Crippen LogP contribution in [0.1, 0.15) is 35.2 Å². The first kappa shape index (κ1) is 15.2. The van der Waals surface area contributed by atoms with Gasteiger partial charge in [0.15, 0.2) is 5.69 Å². The number of nitrogens with one attached hydrogen (secondary N) is 1. The standard InChI is InChI=1S/C14H17N5O4/c1-9-2-3-12-11(6-9)13(17-23-12)14(20)15-4-5-18-8-10(7-16-18)19(21)22/h7-9H,2-6H2,1H3,(H,15,20)/t9-/m0/s1. The lowest BCUT2D eigenvalue weighted by Gasteiger charge is -2.16. The van der Waals surface area contributed by atoms with Crippen molar-refractivity contribution in [2.75, 3.05) is 6.54 Å². The minimum Gasteiger partial charge on any atom is -0.360 e. The van der Waals surface area contributed by atoms with Crippen molar-refractivity contribution in [1.82, 2.24) is 20.3 Å². The SMILES string of the molecule is C[C@H]1CCc2onc(C(=O)NCCn3cc([N+](=O)[O-])cn3)c2C1. The van der Waals surface area contributed by atoms with Crippen LogP contribution < -0.4 is 5.32 Å². The highest BCUT2D eigenvalue weighted by molar-refractivity contribution is 5.93. The van der Waals surface area contributed by atoms with Gasteiger partial charge in [-0.05, 0) is 18.8 Å². The van der Waals surface area contributed by atoms with Gasteiger partial charge in [-0.25, -0.2) is 0 Å². The van der Waals surface area contributed by atoms with Gasteiger partial charge in [0.1, 0.15) is 18.2 Å². The number of amides is 1. The van der Waals surface area contributed by atoms with E-state index in [0.717, 1.165) is 30.6 Å². The Morgan fingerprint density at radius 3 is 3.17 bits per heavy atom. The van der Waals surface area contributed by atoms with Gasteiger partial charge in [0, 0.05) is 18.5 Å². The van der Waals surface area contributed by atoms with E-state index in [1.165, 1.54) is 17.1 Å². The molecule has 9 nitrogen and oxygen atoms in total. The minimum absolute atomic E-state index is 0.0733. The maximum atomic E-state index is 12.2. The van der Waals surface area contributed by atoms with Gasteiger partial charge in [-0.2, -0.15) is 5.10 Å². The Balaban J connectivity index is 1.57. The third-order valence-corrected chi connectivity index (χ3v) is 3.96. The molecule has 2 aromatic heterocycles. The number of carbonyl (C=O) groups excluding carboxylic acids is 1. The number of nitro groups is 1. The Kier molecular flexibility index (Phi) is 4.09. The van der Waals surface area contributed by atoms with E-state index < -0.39 is 4.92 Å². The molecule has 1 aliphatic carbocycles. The first-order valence-corrected chi connectivity index (χ1v) is 7.47. The van der Waals surface area contributed by atoms with Crippen LogP contribution in [0.2, 0.25) is 0 Å². The Hall–Kier alpha value is -2.71. The van der Waals surface area contributed by atoms with Crippen molar-refractivity contribution in [3.63, 3.8) is 0 Å². The molecular formula is C14H17N5O4. The lowest BCUT2D eigenvalue weighted by molar-refractivity contribution is -0.385. The molecule has 1 aliphatic rings. The van der Waals surface area contributed by atoms with Crippen LogP contribution in [0.3, 0.4) is 0 Å². The van der Waals surface area contributed by atoms with E-state index in [1.54, 1.807) is 0 Å². The highest BCUT2D eigenvalue weighted by atomic mass is 16.6. The second kappa shape index (κ2) is 6.19. The third-order valence-electron chi connectivity index (χ3n) is 3.96. The van der Waals surface area contributed by atoms with E-state index in [-0.39, 0.29) is 11.6 Å². The maximum absolute atomic E-state index is 12.2. The van der Waals surface area contributed by atoms with Gasteiger partial charge in [0.2, 0.25) is 0 Å². The summed E-state index contributed by atoms with van der Waals surface area (Å²) in [7, 11) is 0. The summed E-state index contributed by atoms with van der Waals surface area (Å²) >= 11 is 0. The van der Waals surface area contributed by atoms with Crippen LogP contribution in [0.4, 0.5) is 5.69 Å². The molecule has 0 spiro atoms. The average Bonchev–Trinajstić information content (AvgIpc) is 3.13. The largest absolute Gasteiger partial charge is 0.360 e. The number of rotatable bonds is 5. The summed E-state index contributed by atoms with van der Waals surface area (Å²) < 4.78 is 6.66. The molecule has 0 radical (unpaired) electrons. The van der Waals surface area contributed by atoms with Crippen molar-refractivity contribution in [2.24, 2.45) is 5.92 Å². The summed E-state index contributed by atoms with van der Waals surface area (Å²) in [6, 6.07) is 0. The summed E-state index contributed by atoms with van der Waals surface area (Å²) in [6.07, 6.45) is 5.16. The first-order chi connectivity index (χ1) is 11.0. The fourth-order valence-corrected chi connectivity index (χ4v) is 2.69. The van der Waals surface area contributed by atoms with Gasteiger partial charge in [-0.1, -0.05) is 12.1 Å². The highest BCUT2D eigenvalue weighted by Crippen LogP contribution is 2.27. The molecule has 1 N–H and O–H groups in total. The summed E-state index contributed by atoms with van der Waals surface area (Å²) in [5.74, 6) is 1.03. The molecule has 0 saturated heterocycles. The molecule has 23 heavy (non-hydrogen) atoms. The van der Waals surface area contributed by atoms with Crippen LogP contribution in [0.5, 0.6) is 0 Å². The van der Waals surface area contributed by atoms with Crippen LogP contribution in [-0.4, -0.2) is 32.3 Å². The summed E-state index contributed by atoms with van der Waals surface area (Å²) in [6.45, 7) is 2.78. The van der Waals surface area contributed by atoms with Crippen molar-refractivity contribution in [1.29, 1.82) is 0 Å². The highest BCUT2D eigenvalue weighted by Gasteiger charge is 2.26. The number of aryl methyl sites for hydroxylation is 1. The van der Waals surface area contributed by atoms with Crippen molar-refractivity contribution in [2.45, 2.75) is 32.7 Å². The molecule has 0 fully saturated rings. The number of carbonyl (C=O) groups is 1. The molecule has 122 valence electrons. The van der Waals surface area contributed by atoms with Crippen LogP contribution in [0, 0.1) is 16.0 Å². The second-order valence-corrected chi connectivity index (χ2v) is 5.76. The van der Waals surface area contributed by atoms with Crippen molar-refractivity contribution >= 4 is 11.6 Å². The first-order valence-electron chi connectivity index (χ1n) is 7.47. The Labute approximate surface area is 131 Å². The summed E-state index contributed by atoms with van der Waals surface area (Å²) in [5, 5.41) is 21.1. The molecule has 3 rings (SSSR count). The predicted octanol–water partition coefficient (Wildman–Crippen LogP) is 1.33. The number of nitrogens with zero attached hydrogens (tertiary/aromatic N) is 4. The molecule has 9 heteroatoms. The molecular weight excluding hydrogens is 302 g/mol. The van der Waals surface area contributed by atoms with Crippen LogP contribution in [0.25, 0.3) is 0 Å². The number of fused-ring (bicyclic) bond motifs is 1. The van der Waals surface area contributed by atoms with Gasteiger partial charge < -0.3 is 9.84 Å². The fourth-order valence-electron chi connectivity index (χ4n) is 2.69. The average molecular weight is 319 g/mol. The van der Waals surface area contributed by atoms with Crippen LogP contribution in [0.15, 0.2) is 16.9 Å². The van der Waals surface area contributed by atoms with Gasteiger partial charge in [0.05, 0.1) is 11.5 Å². The number of hydrogen-bond donors (Lipinski definition) is 1. The zero-order valence-corrected chi connectivity index (χ0v) is 12.7. The quantitative estimate of drug-likeness (QED) is 0.656. The lowest BCUT2D eigenvalue weighted by Crippen LogP contribution is -2.29. The van der Waals surface area contributed by atoms with Crippen molar-refractivity contribution in [3.05, 3.63) is 39.5 Å². The Morgan fingerprint density at radius 1 is 1.61 bits per heavy atom. The van der Waals surface area contributed by atoms with E-state index in [0.29, 0.717) is 24.7 Å². The van der Waals surface area contributed by atoms with Gasteiger partial charge in [-0.3, -0.25) is 19.6 Å². The monoisotopic (exact) mass is 319 g/mol.